The molecule has 2 aromatic rings. The highest BCUT2D eigenvalue weighted by molar-refractivity contribution is 5.90. The summed E-state index contributed by atoms with van der Waals surface area (Å²) < 4.78 is 0. The van der Waals surface area contributed by atoms with Crippen LogP contribution in [-0.2, 0) is 4.79 Å². The van der Waals surface area contributed by atoms with Crippen LogP contribution in [0.4, 0.5) is 11.5 Å². The lowest BCUT2D eigenvalue weighted by Gasteiger charge is -2.35. The fourth-order valence-corrected chi connectivity index (χ4v) is 3.31. The Morgan fingerprint density at radius 1 is 1.17 bits per heavy atom. The minimum Gasteiger partial charge on any atom is -0.354 e. The summed E-state index contributed by atoms with van der Waals surface area (Å²) in [6.07, 6.45) is 0.449. The van der Waals surface area contributed by atoms with Gasteiger partial charge >= 0.3 is 0 Å². The Balaban J connectivity index is 1.46. The van der Waals surface area contributed by atoms with Crippen LogP contribution in [0, 0.1) is 18.3 Å². The maximum atomic E-state index is 12.2. The van der Waals surface area contributed by atoms with E-state index in [1.807, 2.05) is 13.0 Å². The third-order valence-electron chi connectivity index (χ3n) is 5.02. The van der Waals surface area contributed by atoms with E-state index >= 15 is 0 Å². The second kappa shape index (κ2) is 9.48. The molecule has 0 saturated carbocycles. The van der Waals surface area contributed by atoms with Crippen molar-refractivity contribution in [1.29, 1.82) is 5.26 Å². The Morgan fingerprint density at radius 2 is 1.86 bits per heavy atom. The number of aromatic nitrogens is 2. The Morgan fingerprint density at radius 3 is 2.48 bits per heavy atom. The Bertz CT molecular complexity index is 879. The molecule has 1 amide bonds. The van der Waals surface area contributed by atoms with Crippen molar-refractivity contribution in [2.75, 3.05) is 42.9 Å². The van der Waals surface area contributed by atoms with Gasteiger partial charge in [0, 0.05) is 62.5 Å². The molecule has 7 heteroatoms. The topological polar surface area (TPSA) is 85.1 Å². The van der Waals surface area contributed by atoms with E-state index in [0.29, 0.717) is 17.9 Å². The molecule has 3 rings (SSSR count). The van der Waals surface area contributed by atoms with E-state index in [1.54, 1.807) is 24.3 Å². The first-order valence-corrected chi connectivity index (χ1v) is 10.1. The summed E-state index contributed by atoms with van der Waals surface area (Å²) in [6, 6.07) is 11.0. The van der Waals surface area contributed by atoms with E-state index in [9.17, 15) is 4.79 Å². The third kappa shape index (κ3) is 5.75. The van der Waals surface area contributed by atoms with E-state index in [2.05, 4.69) is 40.0 Å². The largest absolute Gasteiger partial charge is 0.354 e. The number of benzene rings is 1. The van der Waals surface area contributed by atoms with E-state index in [1.165, 1.54) is 0 Å². The zero-order valence-corrected chi connectivity index (χ0v) is 17.4. The lowest BCUT2D eigenvalue weighted by molar-refractivity contribution is -0.116. The molecule has 0 bridgehead atoms. The van der Waals surface area contributed by atoms with Crippen LogP contribution in [0.2, 0.25) is 0 Å². The van der Waals surface area contributed by atoms with E-state index in [-0.39, 0.29) is 5.91 Å². The molecular formula is C22H28N6O. The first-order chi connectivity index (χ1) is 13.9. The molecule has 1 aromatic heterocycles. The van der Waals surface area contributed by atoms with E-state index < -0.39 is 0 Å². The number of hydrogen-bond acceptors (Lipinski definition) is 6. The molecule has 1 aliphatic heterocycles. The summed E-state index contributed by atoms with van der Waals surface area (Å²) in [6.45, 7) is 10.6. The number of anilines is 2. The van der Waals surface area contributed by atoms with Crippen molar-refractivity contribution in [1.82, 2.24) is 14.9 Å². The van der Waals surface area contributed by atoms with Crippen LogP contribution in [-0.4, -0.2) is 53.5 Å². The molecule has 152 valence electrons. The summed E-state index contributed by atoms with van der Waals surface area (Å²) in [5.74, 6) is 2.19. The fraction of sp³-hybridized carbons (Fsp3) is 0.455. The first-order valence-electron chi connectivity index (χ1n) is 10.1. The fourth-order valence-electron chi connectivity index (χ4n) is 3.31. The second-order valence-electron chi connectivity index (χ2n) is 7.70. The highest BCUT2D eigenvalue weighted by Gasteiger charge is 2.20. The molecule has 1 fully saturated rings. The molecule has 2 heterocycles. The van der Waals surface area contributed by atoms with Gasteiger partial charge in [0.1, 0.15) is 11.6 Å². The SMILES string of the molecule is Cc1cc(N2CCN(CCC(=O)Nc3ccc(C#N)cc3)CC2)nc(C(C)C)n1. The van der Waals surface area contributed by atoms with Gasteiger partial charge in [-0.15, -0.1) is 0 Å². The van der Waals surface area contributed by atoms with Crippen molar-refractivity contribution in [2.45, 2.75) is 33.1 Å². The third-order valence-corrected chi connectivity index (χ3v) is 5.02. The smallest absolute Gasteiger partial charge is 0.225 e. The van der Waals surface area contributed by atoms with Crippen LogP contribution in [0.5, 0.6) is 0 Å². The lowest BCUT2D eigenvalue weighted by atomic mass is 10.2. The lowest BCUT2D eigenvalue weighted by Crippen LogP contribution is -2.47. The summed E-state index contributed by atoms with van der Waals surface area (Å²) >= 11 is 0. The Labute approximate surface area is 172 Å². The van der Waals surface area contributed by atoms with Gasteiger partial charge in [-0.2, -0.15) is 5.26 Å². The predicted octanol–water partition coefficient (Wildman–Crippen LogP) is 2.93. The van der Waals surface area contributed by atoms with Gasteiger partial charge in [0.25, 0.3) is 0 Å². The average molecular weight is 393 g/mol. The van der Waals surface area contributed by atoms with Crippen molar-refractivity contribution >= 4 is 17.4 Å². The maximum Gasteiger partial charge on any atom is 0.225 e. The minimum atomic E-state index is -0.00913. The molecule has 0 spiro atoms. The van der Waals surface area contributed by atoms with Crippen LogP contribution in [0.15, 0.2) is 30.3 Å². The molecule has 0 unspecified atom stereocenters. The number of nitriles is 1. The number of aryl methyl sites for hydroxylation is 1. The quantitative estimate of drug-likeness (QED) is 0.814. The van der Waals surface area contributed by atoms with Crippen LogP contribution >= 0.6 is 0 Å². The van der Waals surface area contributed by atoms with Crippen molar-refractivity contribution in [3.05, 3.63) is 47.4 Å². The summed E-state index contributed by atoms with van der Waals surface area (Å²) in [5, 5.41) is 11.7. The Hall–Kier alpha value is -2.98. The number of amides is 1. The van der Waals surface area contributed by atoms with Crippen molar-refractivity contribution in [2.24, 2.45) is 0 Å². The number of nitrogens with zero attached hydrogens (tertiary/aromatic N) is 5. The standard InChI is InChI=1S/C22H28N6O/c1-16(2)22-24-17(3)14-20(26-22)28-12-10-27(11-13-28)9-8-21(29)25-19-6-4-18(15-23)5-7-19/h4-7,14,16H,8-13H2,1-3H3,(H,25,29). The van der Waals surface area contributed by atoms with Crippen LogP contribution in [0.25, 0.3) is 0 Å². The summed E-state index contributed by atoms with van der Waals surface area (Å²) in [7, 11) is 0. The number of piperazine rings is 1. The molecule has 1 N–H and O–H groups in total. The first kappa shape index (κ1) is 20.7. The molecule has 1 aromatic carbocycles. The van der Waals surface area contributed by atoms with Gasteiger partial charge in [-0.3, -0.25) is 9.69 Å². The van der Waals surface area contributed by atoms with Crippen LogP contribution in [0.3, 0.4) is 0 Å². The van der Waals surface area contributed by atoms with Gasteiger partial charge in [0.2, 0.25) is 5.91 Å². The molecule has 7 nitrogen and oxygen atoms in total. The van der Waals surface area contributed by atoms with Gasteiger partial charge in [-0.1, -0.05) is 13.8 Å². The van der Waals surface area contributed by atoms with Crippen molar-refractivity contribution < 1.29 is 4.79 Å². The molecule has 0 radical (unpaired) electrons. The van der Waals surface area contributed by atoms with E-state index in [4.69, 9.17) is 10.2 Å². The molecule has 1 saturated heterocycles. The molecule has 1 aliphatic rings. The average Bonchev–Trinajstić information content (AvgIpc) is 2.72. The second-order valence-corrected chi connectivity index (χ2v) is 7.70. The van der Waals surface area contributed by atoms with Crippen LogP contribution < -0.4 is 10.2 Å². The van der Waals surface area contributed by atoms with Crippen molar-refractivity contribution in [3.8, 4) is 6.07 Å². The monoisotopic (exact) mass is 392 g/mol. The van der Waals surface area contributed by atoms with Gasteiger partial charge in [-0.25, -0.2) is 9.97 Å². The maximum absolute atomic E-state index is 12.2. The molecule has 29 heavy (non-hydrogen) atoms. The minimum absolute atomic E-state index is 0.00913. The van der Waals surface area contributed by atoms with Gasteiger partial charge in [-0.05, 0) is 31.2 Å². The predicted molar refractivity (Wildman–Crippen MR) is 114 cm³/mol. The number of hydrogen-bond donors (Lipinski definition) is 1. The zero-order valence-electron chi connectivity index (χ0n) is 17.4. The van der Waals surface area contributed by atoms with E-state index in [0.717, 1.165) is 55.7 Å². The number of rotatable bonds is 6. The van der Waals surface area contributed by atoms with Gasteiger partial charge in [0.05, 0.1) is 11.6 Å². The number of nitrogens with one attached hydrogen (secondary N) is 1. The highest BCUT2D eigenvalue weighted by Crippen LogP contribution is 2.19. The zero-order chi connectivity index (χ0) is 20.8. The normalized spacial score (nSPS) is 14.7. The van der Waals surface area contributed by atoms with Gasteiger partial charge in [0.15, 0.2) is 0 Å². The number of carbonyl (C=O) groups is 1. The summed E-state index contributed by atoms with van der Waals surface area (Å²) in [5.41, 5.74) is 2.31. The highest BCUT2D eigenvalue weighted by atomic mass is 16.1. The van der Waals surface area contributed by atoms with Gasteiger partial charge < -0.3 is 10.2 Å². The van der Waals surface area contributed by atoms with Crippen LogP contribution in [0.1, 0.15) is 43.3 Å². The Kier molecular flexibility index (Phi) is 6.78. The molecule has 0 atom stereocenters. The number of carbonyl (C=O) groups excluding carboxylic acids is 1. The molecule has 0 aliphatic carbocycles. The summed E-state index contributed by atoms with van der Waals surface area (Å²) in [4.78, 5) is 26.1. The van der Waals surface area contributed by atoms with Crippen molar-refractivity contribution in [3.63, 3.8) is 0 Å². The molecular weight excluding hydrogens is 364 g/mol.